The van der Waals surface area contributed by atoms with Crippen molar-refractivity contribution >= 4 is 28.9 Å². The first kappa shape index (κ1) is 15.4. The van der Waals surface area contributed by atoms with Crippen LogP contribution in [0.5, 0.6) is 0 Å². The maximum Gasteiger partial charge on any atom is 0.405 e. The molecule has 1 N–H and O–H groups in total. The molecule has 18 heavy (non-hydrogen) atoms. The Kier molecular flexibility index (Phi) is 4.44. The molecule has 102 valence electrons. The molecule has 6 heteroatoms. The Morgan fingerprint density at radius 2 is 1.56 bits per heavy atom. The van der Waals surface area contributed by atoms with Gasteiger partial charge < -0.3 is 5.32 Å². The first-order valence-corrected chi connectivity index (χ1v) is 6.06. The van der Waals surface area contributed by atoms with Crippen LogP contribution in [0.4, 0.5) is 18.9 Å². The summed E-state index contributed by atoms with van der Waals surface area (Å²) in [6, 6.07) is 3.03. The van der Waals surface area contributed by atoms with Gasteiger partial charge in [-0.2, -0.15) is 13.2 Å². The van der Waals surface area contributed by atoms with E-state index in [0.29, 0.717) is 16.3 Å². The summed E-state index contributed by atoms with van der Waals surface area (Å²) in [6.07, 6.45) is -4.28. The van der Waals surface area contributed by atoms with Crippen LogP contribution in [0.3, 0.4) is 0 Å². The molecule has 0 spiro atoms. The zero-order valence-electron chi connectivity index (χ0n) is 10.3. The first-order chi connectivity index (χ1) is 8.00. The third-order valence-corrected chi connectivity index (χ3v) is 3.07. The van der Waals surface area contributed by atoms with E-state index < -0.39 is 12.7 Å². The molecule has 0 aliphatic carbocycles. The van der Waals surface area contributed by atoms with Crippen molar-refractivity contribution in [3.63, 3.8) is 0 Å². The first-order valence-electron chi connectivity index (χ1n) is 5.31. The van der Waals surface area contributed by atoms with Gasteiger partial charge in [-0.1, -0.05) is 44.0 Å². The standard InChI is InChI=1S/C12H14Cl2F3N/c1-11(2,3)7-4-8(13)9(14)5-10(7)18-6-12(15,16)17/h4-5,18H,6H2,1-3H3. The number of rotatable bonds is 2. The van der Waals surface area contributed by atoms with Crippen LogP contribution in [-0.2, 0) is 5.41 Å². The lowest BCUT2D eigenvalue weighted by Crippen LogP contribution is -2.23. The van der Waals surface area contributed by atoms with Crippen LogP contribution in [0.25, 0.3) is 0 Å². The highest BCUT2D eigenvalue weighted by Crippen LogP contribution is 2.36. The molecule has 1 nitrogen and oxygen atoms in total. The molecule has 0 heterocycles. The Bertz CT molecular complexity index is 436. The van der Waals surface area contributed by atoms with Crippen molar-refractivity contribution in [2.24, 2.45) is 0 Å². The molecule has 0 bridgehead atoms. The monoisotopic (exact) mass is 299 g/mol. The summed E-state index contributed by atoms with van der Waals surface area (Å²) in [5, 5.41) is 2.92. The highest BCUT2D eigenvalue weighted by molar-refractivity contribution is 6.42. The van der Waals surface area contributed by atoms with E-state index in [9.17, 15) is 13.2 Å². The largest absolute Gasteiger partial charge is 0.405 e. The third kappa shape index (κ3) is 4.25. The SMILES string of the molecule is CC(C)(C)c1cc(Cl)c(Cl)cc1NCC(F)(F)F. The van der Waals surface area contributed by atoms with E-state index in [1.54, 1.807) is 6.07 Å². The fourth-order valence-electron chi connectivity index (χ4n) is 1.51. The fourth-order valence-corrected chi connectivity index (χ4v) is 1.84. The van der Waals surface area contributed by atoms with Crippen LogP contribution in [0, 0.1) is 0 Å². The maximum atomic E-state index is 12.2. The minimum atomic E-state index is -4.28. The topological polar surface area (TPSA) is 12.0 Å². The van der Waals surface area contributed by atoms with Gasteiger partial charge in [0.1, 0.15) is 6.54 Å². The van der Waals surface area contributed by atoms with Crippen molar-refractivity contribution in [2.45, 2.75) is 32.4 Å². The van der Waals surface area contributed by atoms with E-state index in [4.69, 9.17) is 23.2 Å². The minimum Gasteiger partial charge on any atom is -0.376 e. The number of benzene rings is 1. The van der Waals surface area contributed by atoms with Crippen LogP contribution < -0.4 is 5.32 Å². The molecule has 0 atom stereocenters. The molecule has 1 aromatic carbocycles. The predicted molar refractivity (Wildman–Crippen MR) is 69.7 cm³/mol. The molecule has 1 rings (SSSR count). The molecule has 0 aromatic heterocycles. The minimum absolute atomic E-state index is 0.231. The lowest BCUT2D eigenvalue weighted by atomic mass is 9.86. The summed E-state index contributed by atoms with van der Waals surface area (Å²) < 4.78 is 36.7. The van der Waals surface area contributed by atoms with Gasteiger partial charge in [0.2, 0.25) is 0 Å². The van der Waals surface area contributed by atoms with Gasteiger partial charge in [0.25, 0.3) is 0 Å². The molecule has 0 saturated heterocycles. The van der Waals surface area contributed by atoms with Crippen LogP contribution in [0.2, 0.25) is 10.0 Å². The summed E-state index contributed by atoms with van der Waals surface area (Å²) in [7, 11) is 0. The zero-order chi connectivity index (χ0) is 14.1. The molecule has 0 fully saturated rings. The Morgan fingerprint density at radius 1 is 1.06 bits per heavy atom. The number of halogens is 5. The summed E-state index contributed by atoms with van der Waals surface area (Å²) in [6.45, 7) is 4.58. The zero-order valence-corrected chi connectivity index (χ0v) is 11.8. The lowest BCUT2D eigenvalue weighted by Gasteiger charge is -2.24. The van der Waals surface area contributed by atoms with Gasteiger partial charge in [0, 0.05) is 5.69 Å². The Balaban J connectivity index is 3.13. The molecule has 0 aliphatic rings. The smallest absolute Gasteiger partial charge is 0.376 e. The average molecular weight is 300 g/mol. The molecule has 0 saturated carbocycles. The van der Waals surface area contributed by atoms with E-state index in [-0.39, 0.29) is 10.4 Å². The highest BCUT2D eigenvalue weighted by Gasteiger charge is 2.28. The van der Waals surface area contributed by atoms with Gasteiger partial charge in [-0.3, -0.25) is 0 Å². The Morgan fingerprint density at radius 3 is 2.00 bits per heavy atom. The normalized spacial score (nSPS) is 12.7. The molecule has 0 unspecified atom stereocenters. The summed E-state index contributed by atoms with van der Waals surface area (Å²) >= 11 is 11.7. The number of nitrogens with one attached hydrogen (secondary N) is 1. The van der Waals surface area contributed by atoms with Crippen LogP contribution in [0.15, 0.2) is 12.1 Å². The molecule has 0 amide bonds. The number of alkyl halides is 3. The molecule has 1 aromatic rings. The molecular formula is C12H14Cl2F3N. The van der Waals surface area contributed by atoms with Crippen LogP contribution in [0.1, 0.15) is 26.3 Å². The van der Waals surface area contributed by atoms with E-state index in [2.05, 4.69) is 5.32 Å². The second-order valence-corrected chi connectivity index (χ2v) is 5.85. The molecule has 0 aliphatic heterocycles. The number of hydrogen-bond donors (Lipinski definition) is 1. The second kappa shape index (κ2) is 5.17. The summed E-state index contributed by atoms with van der Waals surface area (Å²) in [5.74, 6) is 0. The van der Waals surface area contributed by atoms with E-state index in [1.807, 2.05) is 20.8 Å². The van der Waals surface area contributed by atoms with E-state index in [1.165, 1.54) is 6.07 Å². The van der Waals surface area contributed by atoms with Crippen molar-refractivity contribution in [2.75, 3.05) is 11.9 Å². The summed E-state index contributed by atoms with van der Waals surface area (Å²) in [4.78, 5) is 0. The van der Waals surface area contributed by atoms with Gasteiger partial charge in [0.05, 0.1) is 10.0 Å². The van der Waals surface area contributed by atoms with Crippen molar-refractivity contribution in [3.05, 3.63) is 27.7 Å². The van der Waals surface area contributed by atoms with E-state index in [0.717, 1.165) is 0 Å². The fraction of sp³-hybridized carbons (Fsp3) is 0.500. The quantitative estimate of drug-likeness (QED) is 0.785. The number of hydrogen-bond acceptors (Lipinski definition) is 1. The average Bonchev–Trinajstić information content (AvgIpc) is 2.16. The van der Waals surface area contributed by atoms with Gasteiger partial charge in [-0.25, -0.2) is 0 Å². The molecule has 0 radical (unpaired) electrons. The Hall–Kier alpha value is -0.610. The number of anilines is 1. The van der Waals surface area contributed by atoms with Gasteiger partial charge in [0.15, 0.2) is 0 Å². The van der Waals surface area contributed by atoms with Gasteiger partial charge in [-0.05, 0) is 23.1 Å². The van der Waals surface area contributed by atoms with Crippen molar-refractivity contribution in [1.82, 2.24) is 0 Å². The van der Waals surface area contributed by atoms with Crippen LogP contribution >= 0.6 is 23.2 Å². The highest BCUT2D eigenvalue weighted by atomic mass is 35.5. The van der Waals surface area contributed by atoms with E-state index >= 15 is 0 Å². The maximum absolute atomic E-state index is 12.2. The lowest BCUT2D eigenvalue weighted by molar-refractivity contribution is -0.115. The summed E-state index contributed by atoms with van der Waals surface area (Å²) in [5.41, 5.74) is 0.720. The molecular weight excluding hydrogens is 286 g/mol. The Labute approximate surface area is 114 Å². The van der Waals surface area contributed by atoms with Gasteiger partial charge >= 0.3 is 6.18 Å². The third-order valence-electron chi connectivity index (χ3n) is 2.35. The van der Waals surface area contributed by atoms with Crippen molar-refractivity contribution in [1.29, 1.82) is 0 Å². The predicted octanol–water partition coefficient (Wildman–Crippen LogP) is 5.27. The van der Waals surface area contributed by atoms with Crippen molar-refractivity contribution < 1.29 is 13.2 Å². The van der Waals surface area contributed by atoms with Crippen molar-refractivity contribution in [3.8, 4) is 0 Å². The van der Waals surface area contributed by atoms with Gasteiger partial charge in [-0.15, -0.1) is 0 Å². The second-order valence-electron chi connectivity index (χ2n) is 5.03. The van der Waals surface area contributed by atoms with Crippen LogP contribution in [-0.4, -0.2) is 12.7 Å².